The number of nitrogens with zero attached hydrogens (tertiary/aromatic N) is 4. The third kappa shape index (κ3) is 5.87. The van der Waals surface area contributed by atoms with Crippen LogP contribution in [0.15, 0.2) is 262 Å². The maximum Gasteiger partial charge on any atom is 0.0641 e. The van der Waals surface area contributed by atoms with Gasteiger partial charge in [0.05, 0.1) is 45.2 Å². The van der Waals surface area contributed by atoms with Gasteiger partial charge in [-0.25, -0.2) is 0 Å². The van der Waals surface area contributed by atoms with Gasteiger partial charge in [-0.2, -0.15) is 0 Å². The lowest BCUT2D eigenvalue weighted by molar-refractivity contribution is 1.13. The molecule has 0 spiro atoms. The number of benzene rings is 9. The van der Waals surface area contributed by atoms with E-state index < -0.39 is 0 Å². The van der Waals surface area contributed by atoms with Crippen LogP contribution in [0.4, 0.5) is 28.4 Å². The van der Waals surface area contributed by atoms with Crippen molar-refractivity contribution in [3.05, 3.63) is 267 Å². The van der Waals surface area contributed by atoms with Gasteiger partial charge >= 0.3 is 0 Å². The molecule has 0 N–H and O–H groups in total. The number of anilines is 5. The third-order valence-corrected chi connectivity index (χ3v) is 13.7. The zero-order chi connectivity index (χ0) is 45.3. The molecule has 13 rings (SSSR count). The Morgan fingerprint density at radius 3 is 1.28 bits per heavy atom. The van der Waals surface area contributed by atoms with Crippen molar-refractivity contribution in [3.8, 4) is 56.1 Å². The zero-order valence-corrected chi connectivity index (χ0v) is 37.3. The summed E-state index contributed by atoms with van der Waals surface area (Å²) in [5.74, 6) is 0. The fraction of sp³-hybridized carbons (Fsp3) is 0. The smallest absolute Gasteiger partial charge is 0.0641 e. The standard InChI is InChI=1S/C64H44N4/c1-3-49-55(4-2)65(45-25-7-5-8-26-45)59-39-19-14-34-53(59)63-61(49)51-32-12-17-37-57(51)67(63)47-29-21-23-43(41-47)44-24-22-30-48(42-44)68-58-38-18-13-33-52(58)62-50-31-11-16-36-56(50)66(46-27-9-6-10-28-46)60-40-20-15-35-54(60)64(62)68/h3-42H,1-2H2. The minimum absolute atomic E-state index is 0.986. The highest BCUT2D eigenvalue weighted by Gasteiger charge is 2.33. The van der Waals surface area contributed by atoms with Crippen LogP contribution < -0.4 is 9.80 Å². The van der Waals surface area contributed by atoms with Crippen LogP contribution in [0.3, 0.4) is 0 Å². The van der Waals surface area contributed by atoms with Crippen LogP contribution in [-0.2, 0) is 0 Å². The lowest BCUT2D eigenvalue weighted by Crippen LogP contribution is -2.16. The average molecular weight is 869 g/mol. The Hall–Kier alpha value is -9.12. The van der Waals surface area contributed by atoms with E-state index in [0.29, 0.717) is 0 Å². The van der Waals surface area contributed by atoms with Gasteiger partial charge in [0.25, 0.3) is 0 Å². The second kappa shape index (κ2) is 15.8. The van der Waals surface area contributed by atoms with Crippen LogP contribution in [0, 0.1) is 0 Å². The number of hydrogen-bond donors (Lipinski definition) is 0. The molecule has 4 heterocycles. The van der Waals surface area contributed by atoms with Crippen LogP contribution in [0.5, 0.6) is 0 Å². The number of rotatable bonds is 7. The highest BCUT2D eigenvalue weighted by atomic mass is 15.2. The van der Waals surface area contributed by atoms with Gasteiger partial charge in [0, 0.05) is 66.9 Å². The SMILES string of the molecule is C=CC1=C(C=C)N(c2ccccc2)c2ccccc2-c2c1c1ccccc1n2-c1cccc(-c2cccc(-n3c4c(c5ccccc53)-c3ccccc3N(c3ccccc3)c3ccccc3-4)c2)c1. The second-order valence-electron chi connectivity index (χ2n) is 17.4. The van der Waals surface area contributed by atoms with Gasteiger partial charge in [0.1, 0.15) is 0 Å². The Labute approximate surface area is 396 Å². The molecule has 0 saturated heterocycles. The van der Waals surface area contributed by atoms with E-state index in [4.69, 9.17) is 0 Å². The molecule has 68 heavy (non-hydrogen) atoms. The first-order valence-electron chi connectivity index (χ1n) is 23.2. The van der Waals surface area contributed by atoms with Crippen LogP contribution in [-0.4, -0.2) is 9.13 Å². The van der Waals surface area contributed by atoms with Crippen LogP contribution in [0.1, 0.15) is 5.56 Å². The summed E-state index contributed by atoms with van der Waals surface area (Å²) < 4.78 is 4.93. The van der Waals surface area contributed by atoms with Crippen LogP contribution in [0.2, 0.25) is 0 Å². The number of fused-ring (bicyclic) bond motifs is 12. The number of allylic oxidation sites excluding steroid dienone is 3. The largest absolute Gasteiger partial charge is 0.309 e. The van der Waals surface area contributed by atoms with E-state index in [0.717, 1.165) is 95.4 Å². The maximum absolute atomic E-state index is 4.43. The van der Waals surface area contributed by atoms with Gasteiger partial charge in [0.2, 0.25) is 0 Å². The Kier molecular flexibility index (Phi) is 9.12. The lowest BCUT2D eigenvalue weighted by Gasteiger charge is -2.28. The topological polar surface area (TPSA) is 16.3 Å². The van der Waals surface area contributed by atoms with Crippen LogP contribution >= 0.6 is 0 Å². The molecule has 0 unspecified atom stereocenters. The molecule has 4 nitrogen and oxygen atoms in total. The van der Waals surface area contributed by atoms with Crippen molar-refractivity contribution in [2.75, 3.05) is 9.80 Å². The van der Waals surface area contributed by atoms with Gasteiger partial charge in [0.15, 0.2) is 0 Å². The van der Waals surface area contributed by atoms with E-state index in [1.165, 1.54) is 27.8 Å². The monoisotopic (exact) mass is 868 g/mol. The van der Waals surface area contributed by atoms with E-state index in [-0.39, 0.29) is 0 Å². The number of aromatic nitrogens is 2. The van der Waals surface area contributed by atoms with E-state index >= 15 is 0 Å². The second-order valence-corrected chi connectivity index (χ2v) is 17.4. The first-order valence-corrected chi connectivity index (χ1v) is 23.2. The Morgan fingerprint density at radius 2 is 0.735 bits per heavy atom. The lowest BCUT2D eigenvalue weighted by atomic mass is 9.97. The molecule has 2 aromatic heterocycles. The molecule has 2 aliphatic heterocycles. The average Bonchev–Trinajstić information content (AvgIpc) is 3.85. The first kappa shape index (κ1) is 39.3. The summed E-state index contributed by atoms with van der Waals surface area (Å²) in [7, 11) is 0. The molecular formula is C64H44N4. The Balaban J connectivity index is 1.02. The molecule has 0 saturated carbocycles. The van der Waals surface area contributed by atoms with Crippen molar-refractivity contribution in [2.45, 2.75) is 0 Å². The summed E-state index contributed by atoms with van der Waals surface area (Å²) in [5, 5.41) is 2.37. The fourth-order valence-corrected chi connectivity index (χ4v) is 11.0. The minimum Gasteiger partial charge on any atom is -0.309 e. The van der Waals surface area contributed by atoms with E-state index in [1.54, 1.807) is 0 Å². The number of hydrogen-bond acceptors (Lipinski definition) is 2. The Morgan fingerprint density at radius 1 is 0.324 bits per heavy atom. The van der Waals surface area contributed by atoms with Gasteiger partial charge < -0.3 is 18.9 Å². The molecule has 11 aromatic rings. The predicted molar refractivity (Wildman–Crippen MR) is 286 cm³/mol. The minimum atomic E-state index is 0.986. The zero-order valence-electron chi connectivity index (χ0n) is 37.3. The highest BCUT2D eigenvalue weighted by Crippen LogP contribution is 2.55. The summed E-state index contributed by atoms with van der Waals surface area (Å²) in [5.41, 5.74) is 22.4. The molecule has 0 radical (unpaired) electrons. The molecular weight excluding hydrogens is 825 g/mol. The molecule has 4 heteroatoms. The van der Waals surface area contributed by atoms with E-state index in [2.05, 4.69) is 263 Å². The van der Waals surface area contributed by atoms with Crippen molar-refractivity contribution in [3.63, 3.8) is 0 Å². The normalized spacial score (nSPS) is 12.7. The molecule has 0 aliphatic carbocycles. The highest BCUT2D eigenvalue weighted by molar-refractivity contribution is 6.13. The summed E-state index contributed by atoms with van der Waals surface area (Å²) in [4.78, 5) is 4.74. The van der Waals surface area contributed by atoms with Crippen LogP contribution in [0.25, 0.3) is 83.5 Å². The number of para-hydroxylation sites is 7. The first-order chi connectivity index (χ1) is 33.7. The van der Waals surface area contributed by atoms with Gasteiger partial charge in [-0.1, -0.05) is 171 Å². The Bertz CT molecular complexity index is 3850. The summed E-state index contributed by atoms with van der Waals surface area (Å²) in [6.07, 6.45) is 3.97. The fourth-order valence-electron chi connectivity index (χ4n) is 11.0. The van der Waals surface area contributed by atoms with Crippen molar-refractivity contribution >= 4 is 55.8 Å². The molecule has 0 fully saturated rings. The molecule has 2 aliphatic rings. The predicted octanol–water partition coefficient (Wildman–Crippen LogP) is 17.3. The summed E-state index contributed by atoms with van der Waals surface area (Å²) in [6.45, 7) is 8.82. The molecule has 9 aromatic carbocycles. The van der Waals surface area contributed by atoms with Gasteiger partial charge in [-0.3, -0.25) is 0 Å². The van der Waals surface area contributed by atoms with Crippen molar-refractivity contribution in [1.82, 2.24) is 9.13 Å². The summed E-state index contributed by atoms with van der Waals surface area (Å²) >= 11 is 0. The van der Waals surface area contributed by atoms with E-state index in [1.807, 2.05) is 12.2 Å². The molecule has 0 atom stereocenters. The van der Waals surface area contributed by atoms with Crippen molar-refractivity contribution < 1.29 is 0 Å². The summed E-state index contributed by atoms with van der Waals surface area (Å²) in [6, 6.07) is 83.4. The van der Waals surface area contributed by atoms with E-state index in [9.17, 15) is 0 Å². The maximum atomic E-state index is 4.43. The quantitative estimate of drug-likeness (QED) is 0.159. The molecule has 320 valence electrons. The molecule has 0 amide bonds. The van der Waals surface area contributed by atoms with Crippen molar-refractivity contribution in [2.24, 2.45) is 0 Å². The molecule has 0 bridgehead atoms. The van der Waals surface area contributed by atoms with Gasteiger partial charge in [-0.15, -0.1) is 0 Å². The van der Waals surface area contributed by atoms with Gasteiger partial charge in [-0.05, 0) is 96.1 Å². The third-order valence-electron chi connectivity index (χ3n) is 13.7. The van der Waals surface area contributed by atoms with Crippen molar-refractivity contribution in [1.29, 1.82) is 0 Å².